The second-order valence-electron chi connectivity index (χ2n) is 7.07. The second kappa shape index (κ2) is 5.59. The Labute approximate surface area is 142 Å². The molecule has 23 heavy (non-hydrogen) atoms. The van der Waals surface area contributed by atoms with E-state index >= 15 is 0 Å². The highest BCUT2D eigenvalue weighted by Gasteiger charge is 2.54. The second-order valence-corrected chi connectivity index (χ2v) is 7.48. The lowest BCUT2D eigenvalue weighted by molar-refractivity contribution is 0.113. The van der Waals surface area contributed by atoms with E-state index in [1.165, 1.54) is 19.3 Å². The number of halogens is 1. The Kier molecular flexibility index (Phi) is 3.67. The number of methoxy groups -OCH3 is 1. The first-order valence-corrected chi connectivity index (χ1v) is 8.97. The molecule has 2 aliphatic carbocycles. The van der Waals surface area contributed by atoms with Crippen LogP contribution in [0, 0.1) is 0 Å². The molecule has 2 amide bonds. The van der Waals surface area contributed by atoms with Crippen molar-refractivity contribution in [2.45, 2.75) is 56.5 Å². The van der Waals surface area contributed by atoms with Crippen molar-refractivity contribution in [3.63, 3.8) is 0 Å². The average Bonchev–Trinajstić information content (AvgIpc) is 3.34. The first-order chi connectivity index (χ1) is 11.1. The summed E-state index contributed by atoms with van der Waals surface area (Å²) < 4.78 is 5.22. The highest BCUT2D eigenvalue weighted by atomic mass is 35.5. The Hall–Kier alpha value is -1.42. The molecule has 1 aromatic carbocycles. The number of amides is 2. The molecule has 0 atom stereocenters. The van der Waals surface area contributed by atoms with Crippen LogP contribution in [0.3, 0.4) is 0 Å². The third-order valence-electron chi connectivity index (χ3n) is 5.54. The lowest BCUT2D eigenvalue weighted by Crippen LogP contribution is -2.49. The Bertz CT molecular complexity index is 623. The van der Waals surface area contributed by atoms with Crippen LogP contribution in [0.15, 0.2) is 18.2 Å². The lowest BCUT2D eigenvalue weighted by atomic mass is 9.81. The summed E-state index contributed by atoms with van der Waals surface area (Å²) in [4.78, 5) is 17.2. The van der Waals surface area contributed by atoms with Gasteiger partial charge >= 0.3 is 6.03 Å². The predicted molar refractivity (Wildman–Crippen MR) is 91.4 cm³/mol. The van der Waals surface area contributed by atoms with Gasteiger partial charge in [0.1, 0.15) is 5.75 Å². The summed E-state index contributed by atoms with van der Waals surface area (Å²) in [5, 5.41) is 0.556. The predicted octanol–water partition coefficient (Wildman–Crippen LogP) is 4.46. The quantitative estimate of drug-likeness (QED) is 0.817. The van der Waals surface area contributed by atoms with Gasteiger partial charge in [0.05, 0.1) is 24.2 Å². The first kappa shape index (κ1) is 15.1. The van der Waals surface area contributed by atoms with Crippen LogP contribution in [-0.2, 0) is 0 Å². The van der Waals surface area contributed by atoms with Crippen LogP contribution in [0.1, 0.15) is 44.9 Å². The van der Waals surface area contributed by atoms with Crippen LogP contribution >= 0.6 is 11.6 Å². The number of urea groups is 1. The van der Waals surface area contributed by atoms with E-state index in [9.17, 15) is 4.79 Å². The third-order valence-corrected chi connectivity index (χ3v) is 5.84. The maximum atomic E-state index is 13.1. The van der Waals surface area contributed by atoms with E-state index in [0.29, 0.717) is 16.8 Å². The average molecular weight is 335 g/mol. The minimum atomic E-state index is 0.0445. The summed E-state index contributed by atoms with van der Waals surface area (Å²) in [6.45, 7) is 0.797. The maximum Gasteiger partial charge on any atom is 0.325 e. The zero-order valence-corrected chi connectivity index (χ0v) is 14.3. The van der Waals surface area contributed by atoms with Crippen molar-refractivity contribution in [2.24, 2.45) is 0 Å². The number of hydrogen-bond acceptors (Lipinski definition) is 2. The van der Waals surface area contributed by atoms with E-state index in [0.717, 1.165) is 37.9 Å². The normalized spacial score (nSPS) is 23.7. The Morgan fingerprint density at radius 2 is 1.96 bits per heavy atom. The molecule has 5 heteroatoms. The molecule has 1 heterocycles. The zero-order valence-electron chi connectivity index (χ0n) is 13.6. The summed E-state index contributed by atoms with van der Waals surface area (Å²) in [5.74, 6) is 0.647. The van der Waals surface area contributed by atoms with Crippen LogP contribution in [-0.4, -0.2) is 36.2 Å². The summed E-state index contributed by atoms with van der Waals surface area (Å²) >= 11 is 6.27. The standard InChI is InChI=1S/C18H23ClN2O2/c1-23-16-8-7-14(11-15(16)19)20-12-18(9-3-2-4-10-18)21(17(20)22)13-5-6-13/h7-8,11,13H,2-6,9-10,12H2,1H3. The molecule has 3 aliphatic rings. The Morgan fingerprint density at radius 1 is 1.22 bits per heavy atom. The molecule has 0 unspecified atom stereocenters. The Balaban J connectivity index is 1.67. The van der Waals surface area contributed by atoms with Crippen molar-refractivity contribution in [3.8, 4) is 5.75 Å². The molecule has 4 rings (SSSR count). The van der Waals surface area contributed by atoms with Gasteiger partial charge in [-0.25, -0.2) is 4.79 Å². The van der Waals surface area contributed by atoms with Gasteiger partial charge in [-0.15, -0.1) is 0 Å². The highest BCUT2D eigenvalue weighted by molar-refractivity contribution is 6.32. The minimum Gasteiger partial charge on any atom is -0.495 e. The van der Waals surface area contributed by atoms with Crippen molar-refractivity contribution >= 4 is 23.3 Å². The number of carbonyl (C=O) groups is 1. The van der Waals surface area contributed by atoms with Crippen molar-refractivity contribution in [3.05, 3.63) is 23.2 Å². The summed E-state index contributed by atoms with van der Waals surface area (Å²) in [6.07, 6.45) is 8.34. The van der Waals surface area contributed by atoms with Gasteiger partial charge < -0.3 is 9.64 Å². The van der Waals surface area contributed by atoms with Gasteiger partial charge in [-0.05, 0) is 43.9 Å². The molecule has 0 bridgehead atoms. The topological polar surface area (TPSA) is 32.8 Å². The number of nitrogens with zero attached hydrogens (tertiary/aromatic N) is 2. The first-order valence-electron chi connectivity index (χ1n) is 8.59. The molecular formula is C18H23ClN2O2. The fourth-order valence-electron chi connectivity index (χ4n) is 4.28. The summed E-state index contributed by atoms with van der Waals surface area (Å²) in [6, 6.07) is 6.26. The largest absolute Gasteiger partial charge is 0.495 e. The monoisotopic (exact) mass is 334 g/mol. The van der Waals surface area contributed by atoms with E-state index < -0.39 is 0 Å². The van der Waals surface area contributed by atoms with Gasteiger partial charge in [-0.3, -0.25) is 4.90 Å². The smallest absolute Gasteiger partial charge is 0.325 e. The molecule has 0 aromatic heterocycles. The molecule has 0 N–H and O–H groups in total. The number of rotatable bonds is 3. The zero-order chi connectivity index (χ0) is 16.0. The van der Waals surface area contributed by atoms with Crippen molar-refractivity contribution in [2.75, 3.05) is 18.6 Å². The molecule has 1 aliphatic heterocycles. The summed E-state index contributed by atoms with van der Waals surface area (Å²) in [7, 11) is 1.60. The van der Waals surface area contributed by atoms with Crippen LogP contribution in [0.4, 0.5) is 10.5 Å². The SMILES string of the molecule is COc1ccc(N2CC3(CCCCC3)N(C3CC3)C2=O)cc1Cl. The van der Waals surface area contributed by atoms with Crippen LogP contribution in [0.2, 0.25) is 5.02 Å². The Morgan fingerprint density at radius 3 is 2.57 bits per heavy atom. The van der Waals surface area contributed by atoms with Crippen molar-refractivity contribution < 1.29 is 9.53 Å². The molecule has 1 saturated heterocycles. The number of hydrogen-bond donors (Lipinski definition) is 0. The number of benzene rings is 1. The molecule has 124 valence electrons. The van der Waals surface area contributed by atoms with Crippen LogP contribution in [0.5, 0.6) is 5.75 Å². The van der Waals surface area contributed by atoms with Crippen LogP contribution < -0.4 is 9.64 Å². The molecule has 1 aromatic rings. The lowest BCUT2D eigenvalue weighted by Gasteiger charge is -2.40. The van der Waals surface area contributed by atoms with Gasteiger partial charge in [-0.1, -0.05) is 30.9 Å². The third kappa shape index (κ3) is 2.47. The van der Waals surface area contributed by atoms with Gasteiger partial charge in [0.15, 0.2) is 0 Å². The van der Waals surface area contributed by atoms with E-state index in [4.69, 9.17) is 16.3 Å². The molecule has 3 fully saturated rings. The van der Waals surface area contributed by atoms with E-state index in [2.05, 4.69) is 4.90 Å². The van der Waals surface area contributed by atoms with Gasteiger partial charge in [0.25, 0.3) is 0 Å². The fraction of sp³-hybridized carbons (Fsp3) is 0.611. The fourth-order valence-corrected chi connectivity index (χ4v) is 4.53. The van der Waals surface area contributed by atoms with Crippen LogP contribution in [0.25, 0.3) is 0 Å². The minimum absolute atomic E-state index is 0.0445. The molecule has 1 spiro atoms. The van der Waals surface area contributed by atoms with E-state index in [-0.39, 0.29) is 11.6 Å². The van der Waals surface area contributed by atoms with E-state index in [1.807, 2.05) is 23.1 Å². The van der Waals surface area contributed by atoms with Gasteiger partial charge in [-0.2, -0.15) is 0 Å². The molecular weight excluding hydrogens is 312 g/mol. The molecule has 2 saturated carbocycles. The van der Waals surface area contributed by atoms with Crippen molar-refractivity contribution in [1.29, 1.82) is 0 Å². The van der Waals surface area contributed by atoms with Gasteiger partial charge in [0.2, 0.25) is 0 Å². The maximum absolute atomic E-state index is 13.1. The molecule has 4 nitrogen and oxygen atoms in total. The molecule has 0 radical (unpaired) electrons. The number of anilines is 1. The van der Waals surface area contributed by atoms with E-state index in [1.54, 1.807) is 7.11 Å². The summed E-state index contributed by atoms with van der Waals surface area (Å²) in [5.41, 5.74) is 0.928. The van der Waals surface area contributed by atoms with Crippen molar-refractivity contribution in [1.82, 2.24) is 4.90 Å². The number of carbonyl (C=O) groups excluding carboxylic acids is 1. The van der Waals surface area contributed by atoms with Gasteiger partial charge in [0, 0.05) is 11.7 Å². The highest BCUT2D eigenvalue weighted by Crippen LogP contribution is 2.47. The number of ether oxygens (including phenoxy) is 1.